The first-order valence-electron chi connectivity index (χ1n) is 6.22. The van der Waals surface area contributed by atoms with Gasteiger partial charge in [-0.25, -0.2) is 9.67 Å². The first-order chi connectivity index (χ1) is 8.63. The second kappa shape index (κ2) is 6.88. The predicted octanol–water partition coefficient (Wildman–Crippen LogP) is 0.812. The van der Waals surface area contributed by atoms with E-state index in [0.29, 0.717) is 6.54 Å². The van der Waals surface area contributed by atoms with Crippen molar-refractivity contribution in [2.75, 3.05) is 20.2 Å². The Bertz CT molecular complexity index is 403. The van der Waals surface area contributed by atoms with Crippen molar-refractivity contribution in [3.05, 3.63) is 11.3 Å². The summed E-state index contributed by atoms with van der Waals surface area (Å²) in [6.07, 6.45) is 0. The van der Waals surface area contributed by atoms with Crippen molar-refractivity contribution in [2.45, 2.75) is 27.3 Å². The lowest BCUT2D eigenvalue weighted by Crippen LogP contribution is -2.37. The van der Waals surface area contributed by atoms with Crippen molar-refractivity contribution in [3.63, 3.8) is 0 Å². The number of rotatable bonds is 5. The minimum Gasteiger partial charge on any atom is -0.481 e. The average molecular weight is 253 g/mol. The summed E-state index contributed by atoms with van der Waals surface area (Å²) in [7, 11) is 3.52. The number of aryl methyl sites for hydroxylation is 2. The first kappa shape index (κ1) is 14.3. The van der Waals surface area contributed by atoms with Crippen molar-refractivity contribution in [2.24, 2.45) is 12.0 Å². The maximum absolute atomic E-state index is 5.34. The van der Waals surface area contributed by atoms with Gasteiger partial charge in [0.05, 0.1) is 24.9 Å². The monoisotopic (exact) mass is 253 g/mol. The first-order valence-corrected chi connectivity index (χ1v) is 6.22. The fourth-order valence-corrected chi connectivity index (χ4v) is 1.79. The van der Waals surface area contributed by atoms with E-state index in [9.17, 15) is 0 Å². The predicted molar refractivity (Wildman–Crippen MR) is 73.0 cm³/mol. The SMILES string of the molecule is CCNC(=NCc1c(C)nn(C)c1OC)NCC. The third-order valence-electron chi connectivity index (χ3n) is 2.57. The molecule has 0 saturated heterocycles. The molecule has 0 aliphatic heterocycles. The number of aromatic nitrogens is 2. The summed E-state index contributed by atoms with van der Waals surface area (Å²) >= 11 is 0. The van der Waals surface area contributed by atoms with E-state index in [1.807, 2.05) is 27.8 Å². The highest BCUT2D eigenvalue weighted by Gasteiger charge is 2.13. The van der Waals surface area contributed by atoms with Crippen LogP contribution in [0.25, 0.3) is 0 Å². The van der Waals surface area contributed by atoms with E-state index < -0.39 is 0 Å². The molecule has 6 nitrogen and oxygen atoms in total. The Morgan fingerprint density at radius 3 is 2.44 bits per heavy atom. The van der Waals surface area contributed by atoms with Gasteiger partial charge in [0, 0.05) is 20.1 Å². The quantitative estimate of drug-likeness (QED) is 0.602. The molecule has 1 aromatic heterocycles. The van der Waals surface area contributed by atoms with E-state index in [2.05, 4.69) is 20.7 Å². The summed E-state index contributed by atoms with van der Waals surface area (Å²) in [4.78, 5) is 4.52. The highest BCUT2D eigenvalue weighted by Crippen LogP contribution is 2.21. The molecule has 0 unspecified atom stereocenters. The second-order valence-electron chi connectivity index (χ2n) is 3.92. The van der Waals surface area contributed by atoms with E-state index in [0.717, 1.165) is 36.2 Å². The van der Waals surface area contributed by atoms with Crippen LogP contribution < -0.4 is 15.4 Å². The fourth-order valence-electron chi connectivity index (χ4n) is 1.79. The number of guanidine groups is 1. The highest BCUT2D eigenvalue weighted by atomic mass is 16.5. The normalized spacial score (nSPS) is 10.1. The zero-order valence-corrected chi connectivity index (χ0v) is 11.9. The van der Waals surface area contributed by atoms with Gasteiger partial charge in [0.15, 0.2) is 5.96 Å². The standard InChI is InChI=1S/C12H23N5O/c1-6-13-12(14-7-2)15-8-10-9(3)16-17(4)11(10)18-5/h6-8H2,1-5H3,(H2,13,14,15). The molecule has 0 atom stereocenters. The molecule has 1 aromatic rings. The third kappa shape index (κ3) is 3.38. The summed E-state index contributed by atoms with van der Waals surface area (Å²) in [5.41, 5.74) is 1.97. The van der Waals surface area contributed by atoms with Crippen LogP contribution in [-0.2, 0) is 13.6 Å². The van der Waals surface area contributed by atoms with Gasteiger partial charge in [0.2, 0.25) is 5.88 Å². The number of nitrogens with zero attached hydrogens (tertiary/aromatic N) is 3. The summed E-state index contributed by atoms with van der Waals surface area (Å²) < 4.78 is 7.08. The molecular formula is C12H23N5O. The molecule has 0 fully saturated rings. The van der Waals surface area contributed by atoms with Gasteiger partial charge in [-0.15, -0.1) is 0 Å². The lowest BCUT2D eigenvalue weighted by molar-refractivity contribution is 0.369. The van der Waals surface area contributed by atoms with Crippen LogP contribution in [0.2, 0.25) is 0 Å². The molecule has 1 rings (SSSR count). The van der Waals surface area contributed by atoms with Crippen LogP contribution >= 0.6 is 0 Å². The Morgan fingerprint density at radius 1 is 1.33 bits per heavy atom. The maximum Gasteiger partial charge on any atom is 0.216 e. The number of methoxy groups -OCH3 is 1. The minimum atomic E-state index is 0.554. The number of hydrogen-bond acceptors (Lipinski definition) is 3. The van der Waals surface area contributed by atoms with E-state index in [1.165, 1.54) is 0 Å². The van der Waals surface area contributed by atoms with E-state index in [4.69, 9.17) is 4.74 Å². The largest absolute Gasteiger partial charge is 0.481 e. The van der Waals surface area contributed by atoms with Crippen molar-refractivity contribution < 1.29 is 4.74 Å². The van der Waals surface area contributed by atoms with Gasteiger partial charge in [-0.2, -0.15) is 5.10 Å². The maximum atomic E-state index is 5.34. The number of aliphatic imine (C=N–C) groups is 1. The smallest absolute Gasteiger partial charge is 0.216 e. The third-order valence-corrected chi connectivity index (χ3v) is 2.57. The van der Waals surface area contributed by atoms with Gasteiger partial charge >= 0.3 is 0 Å². The van der Waals surface area contributed by atoms with Crippen molar-refractivity contribution in [1.82, 2.24) is 20.4 Å². The number of hydrogen-bond donors (Lipinski definition) is 2. The molecule has 2 N–H and O–H groups in total. The molecule has 0 radical (unpaired) electrons. The molecule has 102 valence electrons. The molecule has 0 aliphatic rings. The van der Waals surface area contributed by atoms with Gasteiger partial charge in [0.25, 0.3) is 0 Å². The number of ether oxygens (including phenoxy) is 1. The van der Waals surface area contributed by atoms with Crippen molar-refractivity contribution >= 4 is 5.96 Å². The Hall–Kier alpha value is -1.72. The Labute approximate surface area is 108 Å². The highest BCUT2D eigenvalue weighted by molar-refractivity contribution is 5.79. The summed E-state index contributed by atoms with van der Waals surface area (Å²) in [6, 6.07) is 0. The molecule has 0 aromatic carbocycles. The van der Waals surface area contributed by atoms with Crippen LogP contribution in [-0.4, -0.2) is 35.9 Å². The van der Waals surface area contributed by atoms with Crippen LogP contribution in [0.1, 0.15) is 25.1 Å². The lowest BCUT2D eigenvalue weighted by Gasteiger charge is -2.09. The lowest BCUT2D eigenvalue weighted by atomic mass is 10.2. The van der Waals surface area contributed by atoms with E-state index in [-0.39, 0.29) is 0 Å². The van der Waals surface area contributed by atoms with Gasteiger partial charge in [-0.3, -0.25) is 0 Å². The summed E-state index contributed by atoms with van der Waals surface area (Å²) in [5.74, 6) is 1.58. The average Bonchev–Trinajstić information content (AvgIpc) is 2.60. The van der Waals surface area contributed by atoms with Gasteiger partial charge < -0.3 is 15.4 Å². The van der Waals surface area contributed by atoms with Crippen LogP contribution in [0.3, 0.4) is 0 Å². The molecule has 18 heavy (non-hydrogen) atoms. The van der Waals surface area contributed by atoms with Gasteiger partial charge in [0.1, 0.15) is 0 Å². The van der Waals surface area contributed by atoms with Gasteiger partial charge in [-0.05, 0) is 20.8 Å². The summed E-state index contributed by atoms with van der Waals surface area (Å²) in [6.45, 7) is 8.29. The summed E-state index contributed by atoms with van der Waals surface area (Å²) in [5, 5.41) is 10.7. The number of nitrogens with one attached hydrogen (secondary N) is 2. The molecule has 1 heterocycles. The molecule has 0 amide bonds. The molecule has 0 aliphatic carbocycles. The van der Waals surface area contributed by atoms with Crippen LogP contribution in [0.5, 0.6) is 5.88 Å². The molecule has 0 spiro atoms. The van der Waals surface area contributed by atoms with Crippen LogP contribution in [0.15, 0.2) is 4.99 Å². The Morgan fingerprint density at radius 2 is 1.94 bits per heavy atom. The zero-order chi connectivity index (χ0) is 13.5. The topological polar surface area (TPSA) is 63.5 Å². The molecule has 0 bridgehead atoms. The van der Waals surface area contributed by atoms with E-state index in [1.54, 1.807) is 11.8 Å². The minimum absolute atomic E-state index is 0.554. The second-order valence-corrected chi connectivity index (χ2v) is 3.92. The fraction of sp³-hybridized carbons (Fsp3) is 0.667. The Balaban J connectivity index is 2.85. The Kier molecular flexibility index (Phi) is 5.48. The molecule has 0 saturated carbocycles. The van der Waals surface area contributed by atoms with Crippen molar-refractivity contribution in [1.29, 1.82) is 0 Å². The molecular weight excluding hydrogens is 230 g/mol. The van der Waals surface area contributed by atoms with Crippen molar-refractivity contribution in [3.8, 4) is 5.88 Å². The molecule has 6 heteroatoms. The van der Waals surface area contributed by atoms with Gasteiger partial charge in [-0.1, -0.05) is 0 Å². The zero-order valence-electron chi connectivity index (χ0n) is 11.9. The van der Waals surface area contributed by atoms with E-state index >= 15 is 0 Å². The van der Waals surface area contributed by atoms with Crippen LogP contribution in [0, 0.1) is 6.92 Å². The van der Waals surface area contributed by atoms with Crippen LogP contribution in [0.4, 0.5) is 0 Å².